The molecule has 2 saturated carbocycles. The van der Waals surface area contributed by atoms with E-state index in [0.29, 0.717) is 27.4 Å². The van der Waals surface area contributed by atoms with E-state index in [2.05, 4.69) is 24.6 Å². The predicted molar refractivity (Wildman–Crippen MR) is 126 cm³/mol. The van der Waals surface area contributed by atoms with Gasteiger partial charge in [0, 0.05) is 32.2 Å². The van der Waals surface area contributed by atoms with E-state index in [0.717, 1.165) is 45.2 Å². The highest BCUT2D eigenvalue weighted by Crippen LogP contribution is 2.54. The van der Waals surface area contributed by atoms with Crippen LogP contribution in [0, 0.1) is 29.0 Å². The molecule has 4 fully saturated rings. The van der Waals surface area contributed by atoms with Crippen LogP contribution in [0.1, 0.15) is 51.4 Å². The summed E-state index contributed by atoms with van der Waals surface area (Å²) in [5.74, 6) is -0.312. The van der Waals surface area contributed by atoms with Gasteiger partial charge in [0.2, 0.25) is 0 Å². The van der Waals surface area contributed by atoms with Crippen molar-refractivity contribution in [3.63, 3.8) is 0 Å². The fourth-order valence-electron chi connectivity index (χ4n) is 5.16. The average molecular weight is 472 g/mol. The minimum absolute atomic E-state index is 0.267. The number of halogens is 3. The number of hydrogen-bond donors (Lipinski definition) is 0. The van der Waals surface area contributed by atoms with Crippen molar-refractivity contribution in [2.24, 2.45) is 10.8 Å². The Morgan fingerprint density at radius 2 is 1.21 bits per heavy atom. The lowest BCUT2D eigenvalue weighted by molar-refractivity contribution is 0.382. The van der Waals surface area contributed by atoms with Crippen molar-refractivity contribution in [1.82, 2.24) is 9.97 Å². The molecule has 0 bridgehead atoms. The number of anilines is 2. The molecule has 2 spiro atoms. The van der Waals surface area contributed by atoms with Gasteiger partial charge in [-0.15, -0.1) is 4.98 Å². The Bertz CT molecular complexity index is 1060. The lowest BCUT2D eigenvalue weighted by atomic mass is 9.93. The van der Waals surface area contributed by atoms with Crippen molar-refractivity contribution in [2.45, 2.75) is 51.4 Å². The van der Waals surface area contributed by atoms with Crippen molar-refractivity contribution in [1.29, 1.82) is 0 Å². The molecule has 0 amide bonds. The quantitative estimate of drug-likeness (QED) is 0.375. The Hall–Kier alpha value is -2.46. The summed E-state index contributed by atoms with van der Waals surface area (Å²) in [7, 11) is 0. The molecule has 0 aromatic carbocycles. The lowest BCUT2D eigenvalue weighted by Gasteiger charge is -2.33. The maximum absolute atomic E-state index is 13.7. The fourth-order valence-corrected chi connectivity index (χ4v) is 5.32. The molecule has 0 unspecified atom stereocenters. The molecule has 0 atom stereocenters. The van der Waals surface area contributed by atoms with E-state index in [4.69, 9.17) is 18.2 Å². The van der Waals surface area contributed by atoms with Crippen LogP contribution in [0.15, 0.2) is 24.5 Å². The summed E-state index contributed by atoms with van der Waals surface area (Å²) in [6, 6.07) is 3.19. The number of rotatable bonds is 2. The van der Waals surface area contributed by atoms with Crippen LogP contribution in [0.25, 0.3) is 4.85 Å². The molecule has 6 rings (SSSR count). The SMILES string of the molecule is Fc1cnc(Cl)cc1N1CCC2(CC1)CC2.[C-]#[N+]c1cc(N2CCC3(CC2)CC3)c(F)cn1. The van der Waals surface area contributed by atoms with E-state index in [1.165, 1.54) is 44.7 Å². The first-order valence-electron chi connectivity index (χ1n) is 11.8. The monoisotopic (exact) mass is 471 g/mol. The molecule has 33 heavy (non-hydrogen) atoms. The topological polar surface area (TPSA) is 36.6 Å². The van der Waals surface area contributed by atoms with Crippen LogP contribution in [-0.4, -0.2) is 36.1 Å². The van der Waals surface area contributed by atoms with Gasteiger partial charge in [-0.25, -0.2) is 13.8 Å². The first kappa shape index (κ1) is 22.3. The Kier molecular flexibility index (Phi) is 5.90. The molecule has 0 N–H and O–H groups in total. The Morgan fingerprint density at radius 3 is 1.67 bits per heavy atom. The number of pyridine rings is 2. The summed E-state index contributed by atoms with van der Waals surface area (Å²) < 4.78 is 27.3. The maximum Gasteiger partial charge on any atom is 0.271 e. The van der Waals surface area contributed by atoms with E-state index in [9.17, 15) is 8.78 Å². The second-order valence-corrected chi connectivity index (χ2v) is 10.4. The standard InChI is InChI=1S/C13H14FN3.C12H14ClFN2/c1-15-12-8-11(10(14)9-16-12)17-6-4-13(2-3-13)5-7-17;13-11-7-10(9(14)8-15-11)16-5-3-12(1-2-12)4-6-16/h8-9H,2-7H2;7-8H,1-6H2. The first-order chi connectivity index (χ1) is 15.9. The summed E-state index contributed by atoms with van der Waals surface area (Å²) in [4.78, 5) is 14.9. The summed E-state index contributed by atoms with van der Waals surface area (Å²) in [6.45, 7) is 10.6. The summed E-state index contributed by atoms with van der Waals surface area (Å²) in [6.07, 6.45) is 12.5. The third-order valence-corrected chi connectivity index (χ3v) is 8.19. The van der Waals surface area contributed by atoms with E-state index < -0.39 is 0 Å². The van der Waals surface area contributed by atoms with Gasteiger partial charge in [-0.2, -0.15) is 0 Å². The minimum Gasteiger partial charge on any atom is -0.370 e. The highest BCUT2D eigenvalue weighted by atomic mass is 35.5. The number of piperidine rings is 2. The van der Waals surface area contributed by atoms with E-state index in [1.54, 1.807) is 12.1 Å². The summed E-state index contributed by atoms with van der Waals surface area (Å²) >= 11 is 5.80. The zero-order valence-electron chi connectivity index (χ0n) is 18.7. The van der Waals surface area contributed by atoms with Gasteiger partial charge in [-0.05, 0) is 68.3 Å². The number of hydrogen-bond acceptors (Lipinski definition) is 4. The Morgan fingerprint density at radius 1 is 0.758 bits per heavy atom. The summed E-state index contributed by atoms with van der Waals surface area (Å²) in [5.41, 5.74) is 2.35. The predicted octanol–water partition coefficient (Wildman–Crippen LogP) is 6.41. The van der Waals surface area contributed by atoms with Crippen molar-refractivity contribution in [3.8, 4) is 0 Å². The molecule has 8 heteroatoms. The lowest BCUT2D eigenvalue weighted by Crippen LogP contribution is -2.35. The minimum atomic E-state index is -0.316. The van der Waals surface area contributed by atoms with Crippen LogP contribution in [0.2, 0.25) is 5.15 Å². The molecule has 4 aliphatic rings. The van der Waals surface area contributed by atoms with Gasteiger partial charge in [0.1, 0.15) is 5.15 Å². The second kappa shape index (κ2) is 8.72. The molecule has 4 heterocycles. The number of aromatic nitrogens is 2. The molecule has 2 aromatic rings. The first-order valence-corrected chi connectivity index (χ1v) is 12.1. The van der Waals surface area contributed by atoms with E-state index >= 15 is 0 Å². The van der Waals surface area contributed by atoms with Crippen LogP contribution in [-0.2, 0) is 0 Å². The van der Waals surface area contributed by atoms with E-state index in [1.807, 2.05) is 0 Å². The van der Waals surface area contributed by atoms with Crippen molar-refractivity contribution < 1.29 is 8.78 Å². The largest absolute Gasteiger partial charge is 0.370 e. The molecule has 2 aliphatic heterocycles. The van der Waals surface area contributed by atoms with Crippen molar-refractivity contribution in [2.75, 3.05) is 36.0 Å². The fraction of sp³-hybridized carbons (Fsp3) is 0.560. The van der Waals surface area contributed by atoms with Crippen LogP contribution in [0.5, 0.6) is 0 Å². The Labute approximate surface area is 198 Å². The molecule has 0 radical (unpaired) electrons. The third-order valence-electron chi connectivity index (χ3n) is 7.98. The van der Waals surface area contributed by atoms with Gasteiger partial charge in [0.05, 0.1) is 17.6 Å². The molecule has 5 nitrogen and oxygen atoms in total. The molecule has 174 valence electrons. The van der Waals surface area contributed by atoms with E-state index in [-0.39, 0.29) is 17.5 Å². The van der Waals surface area contributed by atoms with Gasteiger partial charge in [-0.3, -0.25) is 0 Å². The molecule has 2 aliphatic carbocycles. The smallest absolute Gasteiger partial charge is 0.271 e. The van der Waals surface area contributed by atoms with Crippen LogP contribution in [0.4, 0.5) is 26.0 Å². The highest BCUT2D eigenvalue weighted by Gasteiger charge is 2.45. The molecule has 2 saturated heterocycles. The van der Waals surface area contributed by atoms with Crippen LogP contribution in [0.3, 0.4) is 0 Å². The number of nitrogens with zero attached hydrogens (tertiary/aromatic N) is 5. The maximum atomic E-state index is 13.7. The Balaban J connectivity index is 0.000000139. The second-order valence-electron chi connectivity index (χ2n) is 10.0. The summed E-state index contributed by atoms with van der Waals surface area (Å²) in [5, 5.41) is 0.364. The van der Waals surface area contributed by atoms with Gasteiger partial charge < -0.3 is 14.6 Å². The average Bonchev–Trinajstić information content (AvgIpc) is 3.77. The molecule has 2 aromatic heterocycles. The molecular weight excluding hydrogens is 444 g/mol. The van der Waals surface area contributed by atoms with Crippen molar-refractivity contribution in [3.05, 3.63) is 52.7 Å². The highest BCUT2D eigenvalue weighted by molar-refractivity contribution is 6.29. The van der Waals surface area contributed by atoms with Gasteiger partial charge in [0.25, 0.3) is 5.82 Å². The normalized spacial score (nSPS) is 21.9. The molecular formula is C25H28ClF2N5. The van der Waals surface area contributed by atoms with Crippen molar-refractivity contribution >= 4 is 28.8 Å². The van der Waals surface area contributed by atoms with Gasteiger partial charge in [0.15, 0.2) is 17.8 Å². The zero-order chi connectivity index (χ0) is 23.1. The van der Waals surface area contributed by atoms with Gasteiger partial charge >= 0.3 is 0 Å². The third kappa shape index (κ3) is 4.91. The van der Waals surface area contributed by atoms with Crippen LogP contribution < -0.4 is 9.80 Å². The zero-order valence-corrected chi connectivity index (χ0v) is 19.4. The van der Waals surface area contributed by atoms with Crippen LogP contribution >= 0.6 is 11.6 Å². The van der Waals surface area contributed by atoms with Gasteiger partial charge in [-0.1, -0.05) is 18.2 Å².